The fraction of sp³-hybridized carbons (Fsp3) is 0.500. The van der Waals surface area contributed by atoms with Gasteiger partial charge in [-0.3, -0.25) is 10.3 Å². The molecule has 1 rings (SSSR count). The SMILES string of the molecule is OCC1=CNOC1. The third-order valence-electron chi connectivity index (χ3n) is 0.807. The van der Waals surface area contributed by atoms with Gasteiger partial charge in [-0.05, 0) is 0 Å². The first kappa shape index (κ1) is 4.61. The van der Waals surface area contributed by atoms with Crippen molar-refractivity contribution in [3.63, 3.8) is 0 Å². The van der Waals surface area contributed by atoms with Gasteiger partial charge >= 0.3 is 0 Å². The minimum atomic E-state index is 0.0903. The lowest BCUT2D eigenvalue weighted by molar-refractivity contribution is 0.109. The number of hydrogen-bond donors (Lipinski definition) is 2. The lowest BCUT2D eigenvalue weighted by Crippen LogP contribution is -1.97. The Morgan fingerprint density at radius 1 is 2.00 bits per heavy atom. The van der Waals surface area contributed by atoms with Crippen molar-refractivity contribution in [3.8, 4) is 0 Å². The summed E-state index contributed by atoms with van der Waals surface area (Å²) in [5.41, 5.74) is 3.39. The Hall–Kier alpha value is -0.540. The van der Waals surface area contributed by atoms with Crippen LogP contribution in [0.5, 0.6) is 0 Å². The van der Waals surface area contributed by atoms with E-state index in [9.17, 15) is 0 Å². The van der Waals surface area contributed by atoms with Crippen molar-refractivity contribution in [1.82, 2.24) is 5.48 Å². The first-order chi connectivity index (χ1) is 3.43. The minimum Gasteiger partial charge on any atom is -0.392 e. The van der Waals surface area contributed by atoms with E-state index in [1.54, 1.807) is 6.20 Å². The van der Waals surface area contributed by atoms with Gasteiger partial charge in [-0.2, -0.15) is 0 Å². The smallest absolute Gasteiger partial charge is 0.0996 e. The molecule has 40 valence electrons. The molecule has 0 spiro atoms. The molecule has 3 nitrogen and oxygen atoms in total. The van der Waals surface area contributed by atoms with Gasteiger partial charge < -0.3 is 5.11 Å². The molecular formula is C4H7NO2. The van der Waals surface area contributed by atoms with Gasteiger partial charge in [-0.15, -0.1) is 0 Å². The van der Waals surface area contributed by atoms with Gasteiger partial charge in [-0.25, -0.2) is 0 Å². The molecule has 0 aromatic heterocycles. The maximum Gasteiger partial charge on any atom is 0.0996 e. The molecule has 1 heterocycles. The van der Waals surface area contributed by atoms with Crippen LogP contribution >= 0.6 is 0 Å². The zero-order chi connectivity index (χ0) is 5.11. The van der Waals surface area contributed by atoms with E-state index < -0.39 is 0 Å². The molecule has 3 heteroatoms. The van der Waals surface area contributed by atoms with Gasteiger partial charge in [0, 0.05) is 11.8 Å². The molecule has 0 saturated heterocycles. The monoisotopic (exact) mass is 101 g/mol. The van der Waals surface area contributed by atoms with Crippen molar-refractivity contribution < 1.29 is 9.94 Å². The molecule has 0 fully saturated rings. The van der Waals surface area contributed by atoms with Crippen LogP contribution in [0.3, 0.4) is 0 Å². The fourth-order valence-electron chi connectivity index (χ4n) is 0.392. The summed E-state index contributed by atoms with van der Waals surface area (Å²) in [6.07, 6.45) is 1.65. The lowest BCUT2D eigenvalue weighted by Gasteiger charge is -1.87. The van der Waals surface area contributed by atoms with Gasteiger partial charge in [-0.1, -0.05) is 0 Å². The average molecular weight is 101 g/mol. The summed E-state index contributed by atoms with van der Waals surface area (Å²) in [6.45, 7) is 0.601. The van der Waals surface area contributed by atoms with E-state index in [1.165, 1.54) is 0 Å². The van der Waals surface area contributed by atoms with Crippen LogP contribution < -0.4 is 5.48 Å². The predicted molar refractivity (Wildman–Crippen MR) is 24.3 cm³/mol. The summed E-state index contributed by atoms with van der Waals surface area (Å²) >= 11 is 0. The van der Waals surface area contributed by atoms with Crippen LogP contribution in [0.1, 0.15) is 0 Å². The van der Waals surface area contributed by atoms with E-state index in [0.29, 0.717) is 6.61 Å². The Bertz CT molecular complexity index is 89.7. The maximum absolute atomic E-state index is 8.38. The highest BCUT2D eigenvalue weighted by atomic mass is 16.6. The maximum atomic E-state index is 8.38. The molecular weight excluding hydrogens is 94.0 g/mol. The lowest BCUT2D eigenvalue weighted by atomic mass is 10.3. The minimum absolute atomic E-state index is 0.0903. The number of aliphatic hydroxyl groups excluding tert-OH is 1. The van der Waals surface area contributed by atoms with Gasteiger partial charge in [0.1, 0.15) is 0 Å². The van der Waals surface area contributed by atoms with Gasteiger partial charge in [0.15, 0.2) is 0 Å². The Morgan fingerprint density at radius 3 is 3.14 bits per heavy atom. The average Bonchev–Trinajstić information content (AvgIpc) is 2.14. The summed E-state index contributed by atoms with van der Waals surface area (Å²) in [6, 6.07) is 0. The van der Waals surface area contributed by atoms with Crippen LogP contribution in [0, 0.1) is 0 Å². The number of rotatable bonds is 1. The Balaban J connectivity index is 2.36. The van der Waals surface area contributed by atoms with Crippen LogP contribution in [0.15, 0.2) is 11.8 Å². The molecule has 2 N–H and O–H groups in total. The van der Waals surface area contributed by atoms with E-state index in [4.69, 9.17) is 5.11 Å². The Morgan fingerprint density at radius 2 is 2.86 bits per heavy atom. The fourth-order valence-corrected chi connectivity index (χ4v) is 0.392. The van der Waals surface area contributed by atoms with Crippen LogP contribution in [0.25, 0.3) is 0 Å². The van der Waals surface area contributed by atoms with Gasteiger partial charge in [0.2, 0.25) is 0 Å². The summed E-state index contributed by atoms with van der Waals surface area (Å²) in [4.78, 5) is 4.65. The molecule has 0 aliphatic carbocycles. The third-order valence-corrected chi connectivity index (χ3v) is 0.807. The normalized spacial score (nSPS) is 18.7. The van der Waals surface area contributed by atoms with E-state index >= 15 is 0 Å². The largest absolute Gasteiger partial charge is 0.392 e. The molecule has 0 amide bonds. The number of hydroxylamine groups is 1. The second kappa shape index (κ2) is 1.95. The molecule has 1 aliphatic rings. The number of hydrogen-bond acceptors (Lipinski definition) is 3. The highest BCUT2D eigenvalue weighted by Gasteiger charge is 1.99. The standard InChI is InChI=1S/C4H7NO2/c6-2-4-1-5-7-3-4/h1,5-6H,2-3H2. The molecule has 0 aromatic carbocycles. The van der Waals surface area contributed by atoms with E-state index in [1.807, 2.05) is 0 Å². The van der Waals surface area contributed by atoms with E-state index in [-0.39, 0.29) is 6.61 Å². The predicted octanol–water partition coefficient (Wildman–Crippen LogP) is -0.603. The Kier molecular flexibility index (Phi) is 1.29. The molecule has 0 saturated carbocycles. The van der Waals surface area contributed by atoms with Gasteiger partial charge in [0.05, 0.1) is 13.2 Å². The summed E-state index contributed by atoms with van der Waals surface area (Å²) in [5, 5.41) is 8.38. The van der Waals surface area contributed by atoms with Crippen molar-refractivity contribution in [2.75, 3.05) is 13.2 Å². The quantitative estimate of drug-likeness (QED) is 0.463. The second-order valence-electron chi connectivity index (χ2n) is 1.37. The van der Waals surface area contributed by atoms with Crippen LogP contribution in [-0.4, -0.2) is 18.3 Å². The molecule has 7 heavy (non-hydrogen) atoms. The first-order valence-corrected chi connectivity index (χ1v) is 2.09. The van der Waals surface area contributed by atoms with Crippen molar-refractivity contribution in [3.05, 3.63) is 11.8 Å². The molecule has 0 radical (unpaired) electrons. The summed E-state index contributed by atoms with van der Waals surface area (Å²) < 4.78 is 0. The zero-order valence-corrected chi connectivity index (χ0v) is 3.85. The highest BCUT2D eigenvalue weighted by molar-refractivity contribution is 5.02. The van der Waals surface area contributed by atoms with Gasteiger partial charge in [0.25, 0.3) is 0 Å². The number of aliphatic hydroxyl groups is 1. The highest BCUT2D eigenvalue weighted by Crippen LogP contribution is 1.95. The number of nitrogens with one attached hydrogen (secondary N) is 1. The third kappa shape index (κ3) is 0.913. The summed E-state index contributed by atoms with van der Waals surface area (Å²) in [5.74, 6) is 0. The zero-order valence-electron chi connectivity index (χ0n) is 3.85. The molecule has 0 unspecified atom stereocenters. The second-order valence-corrected chi connectivity index (χ2v) is 1.37. The molecule has 0 atom stereocenters. The van der Waals surface area contributed by atoms with Crippen molar-refractivity contribution >= 4 is 0 Å². The van der Waals surface area contributed by atoms with E-state index in [0.717, 1.165) is 5.57 Å². The van der Waals surface area contributed by atoms with E-state index in [2.05, 4.69) is 10.3 Å². The van der Waals surface area contributed by atoms with Crippen molar-refractivity contribution in [2.45, 2.75) is 0 Å². The molecule has 1 aliphatic heterocycles. The summed E-state index contributed by atoms with van der Waals surface area (Å²) in [7, 11) is 0. The first-order valence-electron chi connectivity index (χ1n) is 2.09. The van der Waals surface area contributed by atoms with Crippen molar-refractivity contribution in [1.29, 1.82) is 0 Å². The van der Waals surface area contributed by atoms with Crippen LogP contribution in [0.4, 0.5) is 0 Å². The van der Waals surface area contributed by atoms with Crippen LogP contribution in [0.2, 0.25) is 0 Å². The molecule has 0 bridgehead atoms. The topological polar surface area (TPSA) is 41.5 Å². The van der Waals surface area contributed by atoms with Crippen LogP contribution in [-0.2, 0) is 4.84 Å². The van der Waals surface area contributed by atoms with Crippen molar-refractivity contribution in [2.24, 2.45) is 0 Å². The molecule has 0 aromatic rings. The Labute approximate surface area is 41.6 Å².